The zero-order chi connectivity index (χ0) is 29.9. The third-order valence-corrected chi connectivity index (χ3v) is 5.25. The molecule has 13 nitrogen and oxygen atoms in total. The lowest BCUT2D eigenvalue weighted by Gasteiger charge is -2.09. The van der Waals surface area contributed by atoms with E-state index in [1.165, 1.54) is 12.1 Å². The van der Waals surface area contributed by atoms with Gasteiger partial charge in [-0.25, -0.2) is 4.79 Å². The molecule has 0 spiro atoms. The summed E-state index contributed by atoms with van der Waals surface area (Å²) in [5, 5.41) is 10.6. The summed E-state index contributed by atoms with van der Waals surface area (Å²) in [5.41, 5.74) is 0.541. The first-order valence-electron chi connectivity index (χ1n) is 13.8. The molecule has 0 aliphatic carbocycles. The molecule has 0 unspecified atom stereocenters. The van der Waals surface area contributed by atoms with E-state index in [-0.39, 0.29) is 18.3 Å². The van der Waals surface area contributed by atoms with Crippen LogP contribution in [0.5, 0.6) is 5.75 Å². The van der Waals surface area contributed by atoms with Crippen LogP contribution in [0.4, 0.5) is 5.69 Å². The summed E-state index contributed by atoms with van der Waals surface area (Å²) in [7, 11) is 0. The number of non-ortho nitro benzene ring substituents is 1. The van der Waals surface area contributed by atoms with E-state index in [4.69, 9.17) is 42.6 Å². The van der Waals surface area contributed by atoms with Gasteiger partial charge in [0.1, 0.15) is 19.0 Å². The fraction of sp³-hybridized carbons (Fsp3) is 0.552. The predicted molar refractivity (Wildman–Crippen MR) is 151 cm³/mol. The van der Waals surface area contributed by atoms with Crippen molar-refractivity contribution in [3.63, 3.8) is 0 Å². The van der Waals surface area contributed by atoms with Crippen LogP contribution in [0, 0.1) is 10.1 Å². The summed E-state index contributed by atoms with van der Waals surface area (Å²) in [6.07, 6.45) is 0. The van der Waals surface area contributed by atoms with Gasteiger partial charge in [-0.3, -0.25) is 10.1 Å². The van der Waals surface area contributed by atoms with Crippen molar-refractivity contribution in [1.29, 1.82) is 0 Å². The molecule has 0 N–H and O–H groups in total. The highest BCUT2D eigenvalue weighted by Gasteiger charge is 2.05. The van der Waals surface area contributed by atoms with Gasteiger partial charge in [-0.15, -0.1) is 0 Å². The van der Waals surface area contributed by atoms with E-state index in [1.54, 1.807) is 36.4 Å². The van der Waals surface area contributed by atoms with Crippen molar-refractivity contribution in [3.8, 4) is 5.75 Å². The first kappa shape index (κ1) is 35.0. The Hall–Kier alpha value is -3.17. The van der Waals surface area contributed by atoms with E-state index in [2.05, 4.69) is 0 Å². The molecule has 0 saturated carbocycles. The second-order valence-electron chi connectivity index (χ2n) is 8.39. The molecular weight excluding hydrogens is 554 g/mol. The van der Waals surface area contributed by atoms with Crippen molar-refractivity contribution in [2.75, 3.05) is 106 Å². The Bertz CT molecular complexity index is 945. The van der Waals surface area contributed by atoms with Crippen LogP contribution < -0.4 is 4.74 Å². The first-order chi connectivity index (χ1) is 20.7. The lowest BCUT2D eigenvalue weighted by molar-refractivity contribution is -0.384. The zero-order valence-corrected chi connectivity index (χ0v) is 23.9. The Morgan fingerprint density at radius 1 is 0.524 bits per heavy atom. The minimum Gasteiger partial charge on any atom is -0.491 e. The lowest BCUT2D eigenvalue weighted by Crippen LogP contribution is -2.15. The largest absolute Gasteiger partial charge is 0.491 e. The molecule has 2 aromatic rings. The average molecular weight is 596 g/mol. The number of hydrogen-bond donors (Lipinski definition) is 0. The van der Waals surface area contributed by atoms with Gasteiger partial charge in [-0.1, -0.05) is 18.2 Å². The van der Waals surface area contributed by atoms with Gasteiger partial charge in [0.2, 0.25) is 0 Å². The molecular formula is C29H41NO12. The van der Waals surface area contributed by atoms with E-state index in [0.717, 1.165) is 0 Å². The van der Waals surface area contributed by atoms with Crippen molar-refractivity contribution >= 4 is 11.7 Å². The SMILES string of the molecule is O=C(OCCOCCOCCOCCOCCOCCOCCOCCOc1ccc([N+](=O)[O-])cc1)c1ccccc1. The molecule has 0 heterocycles. The van der Waals surface area contributed by atoms with Crippen LogP contribution in [0.2, 0.25) is 0 Å². The molecule has 42 heavy (non-hydrogen) atoms. The first-order valence-corrected chi connectivity index (χ1v) is 13.8. The van der Waals surface area contributed by atoms with Gasteiger partial charge in [0.05, 0.1) is 103 Å². The number of carbonyl (C=O) groups is 1. The molecule has 0 amide bonds. The number of hydrogen-bond acceptors (Lipinski definition) is 12. The highest BCUT2D eigenvalue weighted by Crippen LogP contribution is 2.17. The van der Waals surface area contributed by atoms with E-state index in [1.807, 2.05) is 6.07 Å². The predicted octanol–water partition coefficient (Wildman–Crippen LogP) is 2.95. The number of rotatable bonds is 27. The fourth-order valence-corrected chi connectivity index (χ4v) is 3.15. The highest BCUT2D eigenvalue weighted by molar-refractivity contribution is 5.89. The summed E-state index contributed by atoms with van der Waals surface area (Å²) in [5.74, 6) is 0.189. The monoisotopic (exact) mass is 595 g/mol. The van der Waals surface area contributed by atoms with Gasteiger partial charge in [0, 0.05) is 12.1 Å². The Labute approximate surface area is 246 Å². The second kappa shape index (κ2) is 24.4. The van der Waals surface area contributed by atoms with Crippen molar-refractivity contribution < 1.29 is 52.3 Å². The number of carbonyl (C=O) groups excluding carboxylic acids is 1. The van der Waals surface area contributed by atoms with Crippen LogP contribution in [0.15, 0.2) is 54.6 Å². The van der Waals surface area contributed by atoms with Gasteiger partial charge >= 0.3 is 5.97 Å². The Balaban J connectivity index is 1.20. The lowest BCUT2D eigenvalue weighted by atomic mass is 10.2. The maximum Gasteiger partial charge on any atom is 0.338 e. The van der Waals surface area contributed by atoms with Crippen molar-refractivity contribution in [3.05, 3.63) is 70.3 Å². The quantitative estimate of drug-likeness (QED) is 0.0648. The van der Waals surface area contributed by atoms with Crippen molar-refractivity contribution in [2.45, 2.75) is 0 Å². The molecule has 2 aromatic carbocycles. The van der Waals surface area contributed by atoms with Crippen LogP contribution >= 0.6 is 0 Å². The van der Waals surface area contributed by atoms with Gasteiger partial charge in [0.15, 0.2) is 0 Å². The maximum atomic E-state index is 11.8. The van der Waals surface area contributed by atoms with Crippen LogP contribution in [0.3, 0.4) is 0 Å². The number of nitro benzene ring substituents is 1. The third kappa shape index (κ3) is 18.3. The van der Waals surface area contributed by atoms with Crippen molar-refractivity contribution in [2.24, 2.45) is 0 Å². The van der Waals surface area contributed by atoms with E-state index in [9.17, 15) is 14.9 Å². The third-order valence-electron chi connectivity index (χ3n) is 5.25. The Morgan fingerprint density at radius 2 is 0.905 bits per heavy atom. The summed E-state index contributed by atoms with van der Waals surface area (Å²) >= 11 is 0. The van der Waals surface area contributed by atoms with Gasteiger partial charge < -0.3 is 42.6 Å². The summed E-state index contributed by atoms with van der Waals surface area (Å²) < 4.78 is 48.5. The van der Waals surface area contributed by atoms with E-state index >= 15 is 0 Å². The van der Waals surface area contributed by atoms with E-state index in [0.29, 0.717) is 110 Å². The maximum absolute atomic E-state index is 11.8. The summed E-state index contributed by atoms with van der Waals surface area (Å²) in [4.78, 5) is 21.9. The normalized spacial score (nSPS) is 11.0. The molecule has 0 aliphatic heterocycles. The number of nitro groups is 1. The van der Waals surface area contributed by atoms with Crippen LogP contribution in [0.1, 0.15) is 10.4 Å². The van der Waals surface area contributed by atoms with Crippen LogP contribution in [0.25, 0.3) is 0 Å². The molecule has 2 rings (SSSR count). The molecule has 0 fully saturated rings. The molecule has 0 atom stereocenters. The Morgan fingerprint density at radius 3 is 1.31 bits per heavy atom. The number of esters is 1. The summed E-state index contributed by atoms with van der Waals surface area (Å²) in [6, 6.07) is 14.7. The second-order valence-corrected chi connectivity index (χ2v) is 8.39. The van der Waals surface area contributed by atoms with Gasteiger partial charge in [-0.2, -0.15) is 0 Å². The number of ether oxygens (including phenoxy) is 9. The molecule has 0 saturated heterocycles. The molecule has 0 radical (unpaired) electrons. The van der Waals surface area contributed by atoms with Crippen LogP contribution in [-0.4, -0.2) is 117 Å². The smallest absolute Gasteiger partial charge is 0.338 e. The minimum atomic E-state index is -0.455. The molecule has 0 bridgehead atoms. The minimum absolute atomic E-state index is 0.0225. The average Bonchev–Trinajstić information content (AvgIpc) is 3.01. The number of benzene rings is 2. The van der Waals surface area contributed by atoms with Gasteiger partial charge in [0.25, 0.3) is 5.69 Å². The van der Waals surface area contributed by atoms with Gasteiger partial charge in [-0.05, 0) is 24.3 Å². The molecule has 0 aliphatic rings. The molecule has 13 heteroatoms. The summed E-state index contributed by atoms with van der Waals surface area (Å²) in [6.45, 7) is 6.65. The highest BCUT2D eigenvalue weighted by atomic mass is 16.6. The number of nitrogens with zero attached hydrogens (tertiary/aromatic N) is 1. The molecule has 234 valence electrons. The van der Waals surface area contributed by atoms with Crippen LogP contribution in [-0.2, 0) is 37.9 Å². The standard InChI is InChI=1S/C29H41NO12/c31-29(26-4-2-1-3-5-26)42-25-23-40-21-19-38-17-15-36-13-11-34-10-12-35-14-16-37-18-20-39-22-24-41-28-8-6-27(7-9-28)30(32)33/h1-9H,10-25H2. The van der Waals surface area contributed by atoms with Crippen molar-refractivity contribution in [1.82, 2.24) is 0 Å². The molecule has 0 aromatic heterocycles. The topological polar surface area (TPSA) is 143 Å². The van der Waals surface area contributed by atoms with E-state index < -0.39 is 4.92 Å². The Kier molecular flexibility index (Phi) is 20.4. The fourth-order valence-electron chi connectivity index (χ4n) is 3.15. The zero-order valence-electron chi connectivity index (χ0n) is 23.9.